The monoisotopic (exact) mass is 405 g/mol. The summed E-state index contributed by atoms with van der Waals surface area (Å²) in [7, 11) is 0. The Morgan fingerprint density at radius 3 is 2.85 bits per heavy atom. The quantitative estimate of drug-likeness (QED) is 0.428. The molecule has 140 valence electrons. The minimum Gasteiger partial charge on any atom is -0.462 e. The first-order valence-electron chi connectivity index (χ1n) is 8.09. The zero-order chi connectivity index (χ0) is 19.4. The lowest BCUT2D eigenvalue weighted by Crippen LogP contribution is -2.28. The number of hydrogen-bond acceptors (Lipinski definition) is 7. The number of anilines is 1. The Kier molecular flexibility index (Phi) is 5.98. The van der Waals surface area contributed by atoms with Crippen LogP contribution in [0.2, 0.25) is 5.02 Å². The van der Waals surface area contributed by atoms with E-state index in [1.807, 2.05) is 0 Å². The minimum atomic E-state index is -0.449. The van der Waals surface area contributed by atoms with Gasteiger partial charge in [-0.3, -0.25) is 9.69 Å². The molecular formula is C18H16ClN3O4S. The highest BCUT2D eigenvalue weighted by atomic mass is 35.5. The van der Waals surface area contributed by atoms with Crippen LogP contribution < -0.4 is 4.90 Å². The van der Waals surface area contributed by atoms with Crippen molar-refractivity contribution in [3.63, 3.8) is 0 Å². The molecule has 0 aliphatic carbocycles. The molecular weight excluding hydrogens is 390 g/mol. The van der Waals surface area contributed by atoms with Crippen LogP contribution in [-0.2, 0) is 9.53 Å². The van der Waals surface area contributed by atoms with E-state index in [2.05, 4.69) is 10.2 Å². The molecule has 1 saturated heterocycles. The van der Waals surface area contributed by atoms with Gasteiger partial charge in [-0.05, 0) is 38.1 Å². The van der Waals surface area contributed by atoms with Gasteiger partial charge >= 0.3 is 5.97 Å². The summed E-state index contributed by atoms with van der Waals surface area (Å²) in [5.74, 6) is 0.553. The smallest absolute Gasteiger partial charge is 0.341 e. The first-order chi connectivity index (χ1) is 13.0. The van der Waals surface area contributed by atoms with Gasteiger partial charge in [0.15, 0.2) is 5.17 Å². The number of carbonyl (C=O) groups excluding carboxylic acids is 2. The van der Waals surface area contributed by atoms with Crippen LogP contribution in [0.4, 0.5) is 5.69 Å². The SMILES string of the molecule is CCOC(=O)c1cc(/C=N/N=C2/SCC(=O)N2c2ccc(Cl)cc2)oc1C. The lowest BCUT2D eigenvalue weighted by Gasteiger charge is -2.14. The van der Waals surface area contributed by atoms with Crippen molar-refractivity contribution in [3.8, 4) is 0 Å². The Balaban J connectivity index is 1.78. The summed E-state index contributed by atoms with van der Waals surface area (Å²) in [4.78, 5) is 25.4. The maximum absolute atomic E-state index is 12.2. The van der Waals surface area contributed by atoms with Gasteiger partial charge in [0.1, 0.15) is 17.1 Å². The zero-order valence-corrected chi connectivity index (χ0v) is 16.2. The highest BCUT2D eigenvalue weighted by Crippen LogP contribution is 2.27. The summed E-state index contributed by atoms with van der Waals surface area (Å²) in [5, 5.41) is 9.14. The summed E-state index contributed by atoms with van der Waals surface area (Å²) >= 11 is 7.18. The van der Waals surface area contributed by atoms with Crippen molar-refractivity contribution in [2.45, 2.75) is 13.8 Å². The van der Waals surface area contributed by atoms with Crippen LogP contribution in [0.25, 0.3) is 0 Å². The number of ether oxygens (including phenoxy) is 1. The Bertz CT molecular complexity index is 921. The highest BCUT2D eigenvalue weighted by Gasteiger charge is 2.29. The molecule has 27 heavy (non-hydrogen) atoms. The number of aryl methyl sites for hydroxylation is 1. The predicted octanol–water partition coefficient (Wildman–Crippen LogP) is 3.89. The second kappa shape index (κ2) is 8.41. The van der Waals surface area contributed by atoms with Crippen molar-refractivity contribution in [1.29, 1.82) is 0 Å². The lowest BCUT2D eigenvalue weighted by atomic mass is 10.2. The van der Waals surface area contributed by atoms with Gasteiger partial charge in [-0.15, -0.1) is 5.10 Å². The second-order valence-corrected chi connectivity index (χ2v) is 6.84. The van der Waals surface area contributed by atoms with E-state index < -0.39 is 5.97 Å². The van der Waals surface area contributed by atoms with Crippen LogP contribution in [0.15, 0.2) is 45.0 Å². The molecule has 1 aromatic carbocycles. The summed E-state index contributed by atoms with van der Waals surface area (Å²) < 4.78 is 10.4. The number of hydrogen-bond donors (Lipinski definition) is 0. The van der Waals surface area contributed by atoms with Crippen LogP contribution in [0.1, 0.15) is 28.8 Å². The molecule has 2 heterocycles. The number of amidine groups is 1. The molecule has 3 rings (SSSR count). The number of amides is 1. The van der Waals surface area contributed by atoms with Crippen LogP contribution in [0, 0.1) is 6.92 Å². The highest BCUT2D eigenvalue weighted by molar-refractivity contribution is 8.15. The summed E-state index contributed by atoms with van der Waals surface area (Å²) in [5.41, 5.74) is 1.01. The van der Waals surface area contributed by atoms with Gasteiger partial charge in [0.05, 0.1) is 24.3 Å². The number of thioether (sulfide) groups is 1. The van der Waals surface area contributed by atoms with Crippen LogP contribution in [0.5, 0.6) is 0 Å². The molecule has 2 aromatic rings. The van der Waals surface area contributed by atoms with E-state index >= 15 is 0 Å². The van der Waals surface area contributed by atoms with Gasteiger partial charge < -0.3 is 9.15 Å². The van der Waals surface area contributed by atoms with Gasteiger partial charge in [0, 0.05) is 11.1 Å². The first kappa shape index (κ1) is 19.2. The standard InChI is InChI=1S/C18H16ClN3O4S/c1-3-25-17(24)15-8-14(26-11(15)2)9-20-21-18-22(16(23)10-27-18)13-6-4-12(19)5-7-13/h4-9H,3,10H2,1-2H3/b20-9+,21-18+. The maximum atomic E-state index is 12.2. The molecule has 1 fully saturated rings. The Hall–Kier alpha value is -2.58. The molecule has 1 aliphatic heterocycles. The number of esters is 1. The van der Waals surface area contributed by atoms with Gasteiger partial charge in [-0.2, -0.15) is 5.10 Å². The van der Waals surface area contributed by atoms with E-state index in [4.69, 9.17) is 20.8 Å². The molecule has 0 unspecified atom stereocenters. The van der Waals surface area contributed by atoms with Crippen molar-refractivity contribution in [3.05, 3.63) is 52.4 Å². The van der Waals surface area contributed by atoms with Gasteiger partial charge in [-0.1, -0.05) is 23.4 Å². The molecule has 0 bridgehead atoms. The molecule has 0 spiro atoms. The van der Waals surface area contributed by atoms with Crippen molar-refractivity contribution in [2.24, 2.45) is 10.2 Å². The van der Waals surface area contributed by atoms with E-state index in [0.717, 1.165) is 0 Å². The number of carbonyl (C=O) groups is 2. The third-order valence-corrected chi connectivity index (χ3v) is 4.78. The Labute approximate surface area is 165 Å². The van der Waals surface area contributed by atoms with Gasteiger partial charge in [0.25, 0.3) is 0 Å². The Morgan fingerprint density at radius 2 is 2.15 bits per heavy atom. The molecule has 0 radical (unpaired) electrons. The Morgan fingerprint density at radius 1 is 1.41 bits per heavy atom. The van der Waals surface area contributed by atoms with Crippen molar-refractivity contribution >= 4 is 52.3 Å². The van der Waals surface area contributed by atoms with E-state index in [9.17, 15) is 9.59 Å². The van der Waals surface area contributed by atoms with E-state index in [-0.39, 0.29) is 18.3 Å². The maximum Gasteiger partial charge on any atom is 0.341 e. The molecule has 0 atom stereocenters. The third-order valence-electron chi connectivity index (χ3n) is 3.61. The molecule has 0 saturated carbocycles. The van der Waals surface area contributed by atoms with Crippen LogP contribution in [0.3, 0.4) is 0 Å². The second-order valence-electron chi connectivity index (χ2n) is 5.46. The fourth-order valence-electron chi connectivity index (χ4n) is 2.40. The third kappa shape index (κ3) is 4.40. The summed E-state index contributed by atoms with van der Waals surface area (Å²) in [6.07, 6.45) is 1.38. The predicted molar refractivity (Wildman–Crippen MR) is 106 cm³/mol. The van der Waals surface area contributed by atoms with E-state index in [1.54, 1.807) is 44.2 Å². The van der Waals surface area contributed by atoms with Gasteiger partial charge in [-0.25, -0.2) is 4.79 Å². The topological polar surface area (TPSA) is 84.5 Å². The molecule has 1 aromatic heterocycles. The number of furan rings is 1. The average molecular weight is 406 g/mol. The summed E-state index contributed by atoms with van der Waals surface area (Å²) in [6.45, 7) is 3.69. The fourth-order valence-corrected chi connectivity index (χ4v) is 3.34. The zero-order valence-electron chi connectivity index (χ0n) is 14.6. The summed E-state index contributed by atoms with van der Waals surface area (Å²) in [6, 6.07) is 8.44. The first-order valence-corrected chi connectivity index (χ1v) is 9.46. The lowest BCUT2D eigenvalue weighted by molar-refractivity contribution is -0.115. The molecule has 1 aliphatic rings. The molecule has 9 heteroatoms. The van der Waals surface area contributed by atoms with Crippen LogP contribution >= 0.6 is 23.4 Å². The molecule has 7 nitrogen and oxygen atoms in total. The minimum absolute atomic E-state index is 0.0882. The largest absolute Gasteiger partial charge is 0.462 e. The van der Waals surface area contributed by atoms with Crippen molar-refractivity contribution in [1.82, 2.24) is 0 Å². The fraction of sp³-hybridized carbons (Fsp3) is 0.222. The number of rotatable bonds is 5. The normalized spacial score (nSPS) is 15.9. The van der Waals surface area contributed by atoms with Crippen molar-refractivity contribution in [2.75, 3.05) is 17.3 Å². The van der Waals surface area contributed by atoms with E-state index in [1.165, 1.54) is 22.9 Å². The number of nitrogens with zero attached hydrogens (tertiary/aromatic N) is 3. The van der Waals surface area contributed by atoms with Crippen LogP contribution in [-0.4, -0.2) is 35.6 Å². The van der Waals surface area contributed by atoms with E-state index in [0.29, 0.717) is 33.0 Å². The molecule has 0 N–H and O–H groups in total. The van der Waals surface area contributed by atoms with Crippen molar-refractivity contribution < 1.29 is 18.7 Å². The number of benzene rings is 1. The molecule has 1 amide bonds. The number of halogens is 1. The van der Waals surface area contributed by atoms with Gasteiger partial charge in [0.2, 0.25) is 5.91 Å². The average Bonchev–Trinajstić information content (AvgIpc) is 3.19.